The predicted octanol–water partition coefficient (Wildman–Crippen LogP) is 3.24. The van der Waals surface area contributed by atoms with Crippen molar-refractivity contribution >= 4 is 5.97 Å². The van der Waals surface area contributed by atoms with Gasteiger partial charge in [0.15, 0.2) is 6.61 Å². The Morgan fingerprint density at radius 1 is 1.12 bits per heavy atom. The molecule has 0 bridgehead atoms. The molecule has 0 atom stereocenters. The third-order valence-corrected chi connectivity index (χ3v) is 3.22. The molecule has 0 radical (unpaired) electrons. The van der Waals surface area contributed by atoms with Gasteiger partial charge in [-0.25, -0.2) is 9.18 Å². The average molecular weight is 328 g/mol. The van der Waals surface area contributed by atoms with Crippen LogP contribution in [0.25, 0.3) is 11.4 Å². The molecule has 0 aliphatic carbocycles. The first-order chi connectivity index (χ1) is 11.7. The zero-order valence-corrected chi connectivity index (χ0v) is 12.7. The van der Waals surface area contributed by atoms with Crippen molar-refractivity contribution < 1.29 is 23.2 Å². The van der Waals surface area contributed by atoms with Crippen molar-refractivity contribution in [1.82, 2.24) is 10.1 Å². The highest BCUT2D eigenvalue weighted by atomic mass is 19.1. The summed E-state index contributed by atoms with van der Waals surface area (Å²) in [5, 5.41) is 3.84. The van der Waals surface area contributed by atoms with Crippen LogP contribution in [-0.2, 0) is 11.3 Å². The highest BCUT2D eigenvalue weighted by Gasteiger charge is 2.12. The first-order valence-corrected chi connectivity index (χ1v) is 7.05. The minimum Gasteiger partial charge on any atom is -0.497 e. The lowest BCUT2D eigenvalue weighted by molar-refractivity contribution is 0.0430. The largest absolute Gasteiger partial charge is 0.497 e. The first-order valence-electron chi connectivity index (χ1n) is 7.05. The second kappa shape index (κ2) is 6.91. The minimum atomic E-state index is -0.598. The fraction of sp³-hybridized carbons (Fsp3) is 0.118. The van der Waals surface area contributed by atoms with Crippen molar-refractivity contribution in [2.75, 3.05) is 7.11 Å². The molecule has 2 aromatic carbocycles. The van der Waals surface area contributed by atoms with Crippen LogP contribution < -0.4 is 4.74 Å². The number of halogens is 1. The van der Waals surface area contributed by atoms with E-state index in [1.165, 1.54) is 24.3 Å². The van der Waals surface area contributed by atoms with Gasteiger partial charge < -0.3 is 14.0 Å². The molecule has 0 saturated carbocycles. The molecule has 0 saturated heterocycles. The molecule has 0 aliphatic rings. The predicted molar refractivity (Wildman–Crippen MR) is 81.8 cm³/mol. The summed E-state index contributed by atoms with van der Waals surface area (Å²) in [5.74, 6) is 0.240. The normalized spacial score (nSPS) is 10.4. The van der Waals surface area contributed by atoms with Crippen LogP contribution in [0, 0.1) is 5.82 Å². The fourth-order valence-electron chi connectivity index (χ4n) is 1.97. The van der Waals surface area contributed by atoms with E-state index in [1.54, 1.807) is 31.4 Å². The molecule has 0 fully saturated rings. The molecule has 0 spiro atoms. The lowest BCUT2D eigenvalue weighted by atomic mass is 10.2. The number of nitrogens with zero attached hydrogens (tertiary/aromatic N) is 2. The Balaban J connectivity index is 1.63. The summed E-state index contributed by atoms with van der Waals surface area (Å²) in [6, 6.07) is 12.2. The van der Waals surface area contributed by atoms with E-state index in [0.717, 1.165) is 11.3 Å². The van der Waals surface area contributed by atoms with E-state index in [-0.39, 0.29) is 18.1 Å². The van der Waals surface area contributed by atoms with E-state index in [9.17, 15) is 9.18 Å². The van der Waals surface area contributed by atoms with Gasteiger partial charge in [-0.3, -0.25) is 0 Å². The molecule has 1 aromatic heterocycles. The molecule has 6 nitrogen and oxygen atoms in total. The molecule has 0 unspecified atom stereocenters. The summed E-state index contributed by atoms with van der Waals surface area (Å²) < 4.78 is 28.0. The highest BCUT2D eigenvalue weighted by Crippen LogP contribution is 2.20. The number of methoxy groups -OCH3 is 1. The molecular formula is C17H13FN2O4. The Kier molecular flexibility index (Phi) is 4.51. The van der Waals surface area contributed by atoms with Gasteiger partial charge in [0.1, 0.15) is 11.6 Å². The van der Waals surface area contributed by atoms with E-state index in [0.29, 0.717) is 5.82 Å². The number of aromatic nitrogens is 2. The van der Waals surface area contributed by atoms with Crippen LogP contribution in [0.4, 0.5) is 4.39 Å². The first kappa shape index (κ1) is 15.7. The number of carbonyl (C=O) groups is 1. The fourth-order valence-corrected chi connectivity index (χ4v) is 1.97. The standard InChI is InChI=1S/C17H13FN2O4/c1-22-14-8-4-11(5-9-14)16-19-15(24-20-16)10-23-17(21)12-2-6-13(18)7-3-12/h2-9H,10H2,1H3. The van der Waals surface area contributed by atoms with E-state index in [4.69, 9.17) is 14.0 Å². The molecule has 3 aromatic rings. The number of benzene rings is 2. The van der Waals surface area contributed by atoms with Gasteiger partial charge in [-0.2, -0.15) is 4.98 Å². The number of carbonyl (C=O) groups excluding carboxylic acids is 1. The summed E-state index contributed by atoms with van der Waals surface area (Å²) in [5.41, 5.74) is 0.988. The Hall–Kier alpha value is -3.22. The van der Waals surface area contributed by atoms with Crippen LogP contribution >= 0.6 is 0 Å². The van der Waals surface area contributed by atoms with E-state index >= 15 is 0 Å². The third-order valence-electron chi connectivity index (χ3n) is 3.22. The average Bonchev–Trinajstić information content (AvgIpc) is 3.09. The Bertz CT molecular complexity index is 829. The monoisotopic (exact) mass is 328 g/mol. The quantitative estimate of drug-likeness (QED) is 0.669. The molecule has 0 N–H and O–H groups in total. The van der Waals surface area contributed by atoms with Gasteiger partial charge in [0.25, 0.3) is 5.89 Å². The lowest BCUT2D eigenvalue weighted by Gasteiger charge is -2.01. The van der Waals surface area contributed by atoms with Gasteiger partial charge in [0.2, 0.25) is 5.82 Å². The van der Waals surface area contributed by atoms with Gasteiger partial charge >= 0.3 is 5.97 Å². The summed E-state index contributed by atoms with van der Waals surface area (Å²) in [6.07, 6.45) is 0. The number of rotatable bonds is 5. The van der Waals surface area contributed by atoms with Crippen molar-refractivity contribution in [3.63, 3.8) is 0 Å². The maximum absolute atomic E-state index is 12.8. The van der Waals surface area contributed by atoms with Crippen LogP contribution in [0.15, 0.2) is 53.1 Å². The number of esters is 1. The van der Waals surface area contributed by atoms with Crippen LogP contribution in [0.1, 0.15) is 16.2 Å². The lowest BCUT2D eigenvalue weighted by Crippen LogP contribution is -2.05. The molecule has 1 heterocycles. The van der Waals surface area contributed by atoms with E-state index < -0.39 is 11.8 Å². The Labute approximate surface area is 136 Å². The number of hydrogen-bond acceptors (Lipinski definition) is 6. The van der Waals surface area contributed by atoms with Crippen LogP contribution in [0.5, 0.6) is 5.75 Å². The van der Waals surface area contributed by atoms with Gasteiger partial charge in [-0.05, 0) is 48.5 Å². The topological polar surface area (TPSA) is 74.5 Å². The molecule has 0 aliphatic heterocycles. The summed E-state index contributed by atoms with van der Waals surface area (Å²) >= 11 is 0. The van der Waals surface area contributed by atoms with Crippen molar-refractivity contribution in [3.05, 3.63) is 65.8 Å². The molecule has 3 rings (SSSR count). The van der Waals surface area contributed by atoms with Crippen molar-refractivity contribution in [2.45, 2.75) is 6.61 Å². The second-order valence-electron chi connectivity index (χ2n) is 4.82. The SMILES string of the molecule is COc1ccc(-c2noc(COC(=O)c3ccc(F)cc3)n2)cc1. The summed E-state index contributed by atoms with van der Waals surface area (Å²) in [6.45, 7) is -0.167. The Morgan fingerprint density at radius 2 is 1.83 bits per heavy atom. The molecule has 0 amide bonds. The minimum absolute atomic E-state index is 0.163. The maximum Gasteiger partial charge on any atom is 0.338 e. The smallest absolute Gasteiger partial charge is 0.338 e. The highest BCUT2D eigenvalue weighted by molar-refractivity contribution is 5.89. The molecular weight excluding hydrogens is 315 g/mol. The van der Waals surface area contributed by atoms with E-state index in [1.807, 2.05) is 0 Å². The van der Waals surface area contributed by atoms with Crippen LogP contribution in [-0.4, -0.2) is 23.2 Å². The van der Waals surface area contributed by atoms with Crippen molar-refractivity contribution in [2.24, 2.45) is 0 Å². The molecule has 122 valence electrons. The number of ether oxygens (including phenoxy) is 2. The van der Waals surface area contributed by atoms with Gasteiger partial charge in [-0.1, -0.05) is 5.16 Å². The zero-order valence-electron chi connectivity index (χ0n) is 12.7. The summed E-state index contributed by atoms with van der Waals surface area (Å²) in [4.78, 5) is 16.0. The molecule has 24 heavy (non-hydrogen) atoms. The van der Waals surface area contributed by atoms with Crippen molar-refractivity contribution in [1.29, 1.82) is 0 Å². The maximum atomic E-state index is 12.8. The Morgan fingerprint density at radius 3 is 2.50 bits per heavy atom. The summed E-state index contributed by atoms with van der Waals surface area (Å²) in [7, 11) is 1.58. The third kappa shape index (κ3) is 3.57. The van der Waals surface area contributed by atoms with Gasteiger partial charge in [0, 0.05) is 5.56 Å². The van der Waals surface area contributed by atoms with Crippen LogP contribution in [0.2, 0.25) is 0 Å². The second-order valence-corrected chi connectivity index (χ2v) is 4.82. The molecule has 7 heteroatoms. The van der Waals surface area contributed by atoms with E-state index in [2.05, 4.69) is 10.1 Å². The zero-order chi connectivity index (χ0) is 16.9. The van der Waals surface area contributed by atoms with Gasteiger partial charge in [0.05, 0.1) is 12.7 Å². The number of hydrogen-bond donors (Lipinski definition) is 0. The van der Waals surface area contributed by atoms with Crippen molar-refractivity contribution in [3.8, 4) is 17.1 Å². The van der Waals surface area contributed by atoms with Crippen LogP contribution in [0.3, 0.4) is 0 Å². The van der Waals surface area contributed by atoms with Gasteiger partial charge in [-0.15, -0.1) is 0 Å².